The normalized spacial score (nSPS) is 16.8. The van der Waals surface area contributed by atoms with Crippen molar-refractivity contribution in [1.29, 1.82) is 0 Å². The molecule has 162 valence electrons. The van der Waals surface area contributed by atoms with Crippen molar-refractivity contribution < 1.29 is 14.9 Å². The molecule has 0 aliphatic carbocycles. The number of aliphatic hydroxyl groups is 2. The second kappa shape index (κ2) is 10.7. The molecular weight excluding hydrogens is 424 g/mol. The zero-order valence-electron chi connectivity index (χ0n) is 17.3. The number of rotatable bonds is 9. The molecule has 0 amide bonds. The van der Waals surface area contributed by atoms with E-state index in [0.717, 1.165) is 28.2 Å². The molecule has 0 saturated carbocycles. The summed E-state index contributed by atoms with van der Waals surface area (Å²) in [5.74, 6) is 2.21. The number of hydrogen-bond donors (Lipinski definition) is 2. The molecule has 1 heterocycles. The van der Waals surface area contributed by atoms with Gasteiger partial charge in [-0.05, 0) is 23.1 Å². The first-order chi connectivity index (χ1) is 15.2. The maximum absolute atomic E-state index is 10.8. The molecular formula is C26H28O3S2. The number of aliphatic hydroxyl groups excluding tert-OH is 2. The fraction of sp³-hybridized carbons (Fsp3) is 0.308. The first-order valence-electron chi connectivity index (χ1n) is 10.6. The molecule has 0 bridgehead atoms. The van der Waals surface area contributed by atoms with Gasteiger partial charge in [-0.1, -0.05) is 91.0 Å². The van der Waals surface area contributed by atoms with Gasteiger partial charge in [0.2, 0.25) is 0 Å². The van der Waals surface area contributed by atoms with Crippen molar-refractivity contribution in [2.45, 2.75) is 28.8 Å². The highest BCUT2D eigenvalue weighted by Gasteiger charge is 2.38. The third-order valence-corrected chi connectivity index (χ3v) is 8.66. The van der Waals surface area contributed by atoms with E-state index in [1.807, 2.05) is 78.1 Å². The maximum Gasteiger partial charge on any atom is 0.143 e. The predicted octanol–water partition coefficient (Wildman–Crippen LogP) is 4.91. The van der Waals surface area contributed by atoms with Gasteiger partial charge in [0.25, 0.3) is 0 Å². The van der Waals surface area contributed by atoms with E-state index in [-0.39, 0.29) is 6.61 Å². The molecule has 0 spiro atoms. The zero-order valence-corrected chi connectivity index (χ0v) is 19.0. The van der Waals surface area contributed by atoms with Gasteiger partial charge in [-0.2, -0.15) is 0 Å². The van der Waals surface area contributed by atoms with Gasteiger partial charge in [0.15, 0.2) is 0 Å². The average molecular weight is 453 g/mol. The van der Waals surface area contributed by atoms with Crippen LogP contribution in [0.25, 0.3) is 0 Å². The predicted molar refractivity (Wildman–Crippen MR) is 130 cm³/mol. The van der Waals surface area contributed by atoms with Gasteiger partial charge in [0, 0.05) is 11.5 Å². The molecule has 2 atom stereocenters. The number of thioether (sulfide) groups is 2. The molecule has 3 aromatic carbocycles. The van der Waals surface area contributed by atoms with Crippen molar-refractivity contribution in [2.24, 2.45) is 0 Å². The van der Waals surface area contributed by atoms with Crippen molar-refractivity contribution in [3.8, 4) is 0 Å². The Morgan fingerprint density at radius 3 is 1.55 bits per heavy atom. The molecule has 5 heteroatoms. The van der Waals surface area contributed by atoms with Crippen LogP contribution < -0.4 is 0 Å². The monoisotopic (exact) mass is 452 g/mol. The smallest absolute Gasteiger partial charge is 0.143 e. The number of hydrogen-bond acceptors (Lipinski definition) is 5. The standard InChI is InChI=1S/C26H28O3S2/c27-23(18-25-30-16-17-31-25)24(28)19-29-26(20-10-4-1-5-11-20,21-12-6-2-7-13-21)22-14-8-3-9-15-22/h1-15,23-25,27-28H,16-19H2/t23-,24-/m1/s1. The van der Waals surface area contributed by atoms with Crippen LogP contribution in [0.2, 0.25) is 0 Å². The minimum absolute atomic E-state index is 0.0297. The van der Waals surface area contributed by atoms with E-state index in [1.54, 1.807) is 0 Å². The lowest BCUT2D eigenvalue weighted by molar-refractivity contribution is -0.0788. The van der Waals surface area contributed by atoms with Crippen LogP contribution in [0.3, 0.4) is 0 Å². The van der Waals surface area contributed by atoms with Crippen LogP contribution in [0.5, 0.6) is 0 Å². The second-order valence-electron chi connectivity index (χ2n) is 7.63. The summed E-state index contributed by atoms with van der Waals surface area (Å²) in [5, 5.41) is 21.4. The Bertz CT molecular complexity index is 818. The van der Waals surface area contributed by atoms with Gasteiger partial charge in [-0.25, -0.2) is 0 Å². The second-order valence-corrected chi connectivity index (χ2v) is 10.6. The highest BCUT2D eigenvalue weighted by Crippen LogP contribution is 2.41. The molecule has 1 aliphatic heterocycles. The molecule has 0 unspecified atom stereocenters. The highest BCUT2D eigenvalue weighted by molar-refractivity contribution is 8.20. The molecule has 1 fully saturated rings. The topological polar surface area (TPSA) is 49.7 Å². The van der Waals surface area contributed by atoms with E-state index in [4.69, 9.17) is 4.74 Å². The Labute approximate surface area is 192 Å². The van der Waals surface area contributed by atoms with Gasteiger partial charge in [-0.15, -0.1) is 23.5 Å². The van der Waals surface area contributed by atoms with Gasteiger partial charge in [0.1, 0.15) is 11.7 Å². The van der Waals surface area contributed by atoms with E-state index < -0.39 is 17.8 Å². The van der Waals surface area contributed by atoms with Crippen molar-refractivity contribution in [2.75, 3.05) is 18.1 Å². The molecule has 2 N–H and O–H groups in total. The summed E-state index contributed by atoms with van der Waals surface area (Å²) in [4.78, 5) is 0. The summed E-state index contributed by atoms with van der Waals surface area (Å²) < 4.78 is 6.95. The fourth-order valence-electron chi connectivity index (χ4n) is 3.99. The molecule has 31 heavy (non-hydrogen) atoms. The molecule has 3 nitrogen and oxygen atoms in total. The zero-order chi connectivity index (χ0) is 21.5. The summed E-state index contributed by atoms with van der Waals surface area (Å²) in [6.07, 6.45) is -1.21. The minimum atomic E-state index is -0.961. The highest BCUT2D eigenvalue weighted by atomic mass is 32.2. The van der Waals surface area contributed by atoms with E-state index >= 15 is 0 Å². The van der Waals surface area contributed by atoms with Gasteiger partial charge < -0.3 is 14.9 Å². The molecule has 4 rings (SSSR count). The maximum atomic E-state index is 10.8. The summed E-state index contributed by atoms with van der Waals surface area (Å²) >= 11 is 3.71. The Kier molecular flexibility index (Phi) is 7.75. The SMILES string of the molecule is O[C@H](COC(c1ccccc1)(c1ccccc1)c1ccccc1)[C@H](O)CC1SCCS1. The fourth-order valence-corrected chi connectivity index (χ4v) is 6.91. The Morgan fingerprint density at radius 1 is 0.710 bits per heavy atom. The van der Waals surface area contributed by atoms with Crippen molar-refractivity contribution >= 4 is 23.5 Å². The summed E-state index contributed by atoms with van der Waals surface area (Å²) in [6, 6.07) is 30.3. The lowest BCUT2D eigenvalue weighted by atomic mass is 9.80. The van der Waals surface area contributed by atoms with Crippen LogP contribution in [0, 0.1) is 0 Å². The van der Waals surface area contributed by atoms with Crippen LogP contribution in [0.4, 0.5) is 0 Å². The largest absolute Gasteiger partial charge is 0.390 e. The molecule has 1 saturated heterocycles. The van der Waals surface area contributed by atoms with Gasteiger partial charge >= 0.3 is 0 Å². The van der Waals surface area contributed by atoms with E-state index in [0.29, 0.717) is 11.0 Å². The van der Waals surface area contributed by atoms with Gasteiger partial charge in [0.05, 0.1) is 17.3 Å². The first-order valence-corrected chi connectivity index (χ1v) is 12.7. The van der Waals surface area contributed by atoms with Crippen molar-refractivity contribution in [3.05, 3.63) is 108 Å². The van der Waals surface area contributed by atoms with E-state index in [2.05, 4.69) is 36.4 Å². The summed E-state index contributed by atoms with van der Waals surface area (Å²) in [5.41, 5.74) is 2.06. The Morgan fingerprint density at radius 2 is 1.13 bits per heavy atom. The molecule has 3 aromatic rings. The number of ether oxygens (including phenoxy) is 1. The molecule has 1 aliphatic rings. The third-order valence-electron chi connectivity index (χ3n) is 5.58. The Hall–Kier alpha value is -1.76. The van der Waals surface area contributed by atoms with Crippen LogP contribution in [0.15, 0.2) is 91.0 Å². The summed E-state index contributed by atoms with van der Waals surface area (Å²) in [6.45, 7) is 0.0297. The quantitative estimate of drug-likeness (QED) is 0.452. The van der Waals surface area contributed by atoms with E-state index in [9.17, 15) is 10.2 Å². The molecule has 0 aromatic heterocycles. The van der Waals surface area contributed by atoms with Crippen LogP contribution in [0.1, 0.15) is 23.1 Å². The van der Waals surface area contributed by atoms with Crippen molar-refractivity contribution in [1.82, 2.24) is 0 Å². The van der Waals surface area contributed by atoms with E-state index in [1.165, 1.54) is 0 Å². The van der Waals surface area contributed by atoms with Crippen LogP contribution >= 0.6 is 23.5 Å². The van der Waals surface area contributed by atoms with Crippen LogP contribution in [-0.4, -0.2) is 45.1 Å². The van der Waals surface area contributed by atoms with Crippen LogP contribution in [-0.2, 0) is 10.3 Å². The summed E-state index contributed by atoms with van der Waals surface area (Å²) in [7, 11) is 0. The number of benzene rings is 3. The minimum Gasteiger partial charge on any atom is -0.390 e. The first kappa shape index (κ1) is 22.4. The average Bonchev–Trinajstić information content (AvgIpc) is 3.34. The lowest BCUT2D eigenvalue weighted by Gasteiger charge is -2.37. The van der Waals surface area contributed by atoms with Gasteiger partial charge in [-0.3, -0.25) is 0 Å². The molecule has 0 radical (unpaired) electrons. The lowest BCUT2D eigenvalue weighted by Crippen LogP contribution is -2.39. The van der Waals surface area contributed by atoms with Crippen molar-refractivity contribution in [3.63, 3.8) is 0 Å². The Balaban J connectivity index is 1.67. The third kappa shape index (κ3) is 5.18.